The fraction of sp³-hybridized carbons (Fsp3) is 0.636. The number of likely N-dealkylation sites (tertiary alicyclic amines) is 2. The third-order valence-electron chi connectivity index (χ3n) is 6.85. The Kier molecular flexibility index (Phi) is 4.52. The standard InChI is InChI=1S/C22H30N4O/c1-17-23-21(27-24-17)15-25-11-9-22(10-12-25)13-19(18-5-3-2-4-6-18)14-26(16-22)20-7-8-20/h2-6,19-20H,7-16H2,1H3/t19-/m0/s1. The zero-order valence-corrected chi connectivity index (χ0v) is 16.3. The lowest BCUT2D eigenvalue weighted by atomic mass is 9.68. The Morgan fingerprint density at radius 1 is 1.15 bits per heavy atom. The summed E-state index contributed by atoms with van der Waals surface area (Å²) in [6.45, 7) is 7.51. The summed E-state index contributed by atoms with van der Waals surface area (Å²) in [5.41, 5.74) is 2.01. The predicted molar refractivity (Wildman–Crippen MR) is 104 cm³/mol. The molecule has 144 valence electrons. The lowest BCUT2D eigenvalue weighted by Crippen LogP contribution is -2.52. The molecular formula is C22H30N4O. The van der Waals surface area contributed by atoms with E-state index in [-0.39, 0.29) is 0 Å². The number of rotatable bonds is 4. The molecule has 2 saturated heterocycles. The van der Waals surface area contributed by atoms with E-state index in [0.717, 1.165) is 37.4 Å². The van der Waals surface area contributed by atoms with Gasteiger partial charge in [0.05, 0.1) is 6.54 Å². The second-order valence-electron chi connectivity index (χ2n) is 8.98. The summed E-state index contributed by atoms with van der Waals surface area (Å²) in [6, 6.07) is 12.1. The number of hydrogen-bond acceptors (Lipinski definition) is 5. The first-order valence-electron chi connectivity index (χ1n) is 10.5. The number of aromatic nitrogens is 2. The van der Waals surface area contributed by atoms with Gasteiger partial charge in [-0.25, -0.2) is 0 Å². The number of benzene rings is 1. The fourth-order valence-electron chi connectivity index (χ4n) is 5.24. The Balaban J connectivity index is 1.28. The van der Waals surface area contributed by atoms with Gasteiger partial charge < -0.3 is 4.52 Å². The van der Waals surface area contributed by atoms with Gasteiger partial charge in [-0.3, -0.25) is 9.80 Å². The minimum atomic E-state index is 0.475. The van der Waals surface area contributed by atoms with E-state index in [4.69, 9.17) is 4.52 Å². The van der Waals surface area contributed by atoms with E-state index in [1.165, 1.54) is 50.8 Å². The molecule has 3 heterocycles. The molecule has 1 spiro atoms. The van der Waals surface area contributed by atoms with Crippen LogP contribution in [0.2, 0.25) is 0 Å². The Morgan fingerprint density at radius 3 is 2.59 bits per heavy atom. The molecule has 0 N–H and O–H groups in total. The molecule has 5 heteroatoms. The highest BCUT2D eigenvalue weighted by Gasteiger charge is 2.45. The minimum Gasteiger partial charge on any atom is -0.338 e. The highest BCUT2D eigenvalue weighted by molar-refractivity contribution is 5.22. The lowest BCUT2D eigenvalue weighted by molar-refractivity contribution is 0.00610. The molecule has 27 heavy (non-hydrogen) atoms. The average Bonchev–Trinajstić information content (AvgIpc) is 3.47. The molecule has 2 aliphatic heterocycles. The van der Waals surface area contributed by atoms with Gasteiger partial charge in [-0.15, -0.1) is 0 Å². The van der Waals surface area contributed by atoms with Crippen LogP contribution in [-0.2, 0) is 6.54 Å². The average molecular weight is 367 g/mol. The summed E-state index contributed by atoms with van der Waals surface area (Å²) in [5, 5.41) is 3.93. The molecule has 1 aromatic heterocycles. The molecule has 3 fully saturated rings. The van der Waals surface area contributed by atoms with E-state index in [1.807, 2.05) is 6.92 Å². The predicted octanol–water partition coefficient (Wildman–Crippen LogP) is 3.61. The molecule has 1 atom stereocenters. The first-order chi connectivity index (χ1) is 13.2. The maximum atomic E-state index is 5.32. The van der Waals surface area contributed by atoms with Gasteiger partial charge in [-0.2, -0.15) is 4.98 Å². The molecule has 0 unspecified atom stereocenters. The first kappa shape index (κ1) is 17.4. The maximum Gasteiger partial charge on any atom is 0.240 e. The molecule has 5 rings (SSSR count). The van der Waals surface area contributed by atoms with Crippen molar-refractivity contribution >= 4 is 0 Å². The van der Waals surface area contributed by atoms with Gasteiger partial charge in [0.25, 0.3) is 0 Å². The van der Waals surface area contributed by atoms with Crippen LogP contribution < -0.4 is 0 Å². The van der Waals surface area contributed by atoms with Gasteiger partial charge in [0.2, 0.25) is 5.89 Å². The molecule has 2 aromatic rings. The van der Waals surface area contributed by atoms with Crippen molar-refractivity contribution in [1.82, 2.24) is 19.9 Å². The van der Waals surface area contributed by atoms with Gasteiger partial charge in [0, 0.05) is 19.1 Å². The summed E-state index contributed by atoms with van der Waals surface area (Å²) in [6.07, 6.45) is 6.72. The third-order valence-corrected chi connectivity index (χ3v) is 6.85. The molecule has 1 aromatic carbocycles. The van der Waals surface area contributed by atoms with E-state index in [2.05, 4.69) is 50.3 Å². The van der Waals surface area contributed by atoms with Crippen LogP contribution in [0.3, 0.4) is 0 Å². The highest BCUT2D eigenvalue weighted by atomic mass is 16.5. The van der Waals surface area contributed by atoms with Crippen molar-refractivity contribution in [3.63, 3.8) is 0 Å². The fourth-order valence-corrected chi connectivity index (χ4v) is 5.24. The summed E-state index contributed by atoms with van der Waals surface area (Å²) >= 11 is 0. The van der Waals surface area contributed by atoms with Crippen molar-refractivity contribution in [2.75, 3.05) is 26.2 Å². The summed E-state index contributed by atoms with van der Waals surface area (Å²) in [5.74, 6) is 2.18. The lowest BCUT2D eigenvalue weighted by Gasteiger charge is -2.50. The first-order valence-corrected chi connectivity index (χ1v) is 10.5. The Labute approximate surface area is 161 Å². The van der Waals surface area contributed by atoms with Crippen molar-refractivity contribution in [1.29, 1.82) is 0 Å². The van der Waals surface area contributed by atoms with Crippen molar-refractivity contribution in [3.8, 4) is 0 Å². The van der Waals surface area contributed by atoms with Crippen LogP contribution in [0.5, 0.6) is 0 Å². The maximum absolute atomic E-state index is 5.32. The van der Waals surface area contributed by atoms with Gasteiger partial charge in [0.15, 0.2) is 5.82 Å². The highest BCUT2D eigenvalue weighted by Crippen LogP contribution is 2.47. The SMILES string of the molecule is Cc1noc(CN2CCC3(CC2)C[C@H](c2ccccc2)CN(C2CC2)C3)n1. The van der Waals surface area contributed by atoms with Crippen molar-refractivity contribution in [2.45, 2.75) is 57.5 Å². The summed E-state index contributed by atoms with van der Waals surface area (Å²) in [4.78, 5) is 9.69. The topological polar surface area (TPSA) is 45.4 Å². The van der Waals surface area contributed by atoms with Gasteiger partial charge in [-0.05, 0) is 69.0 Å². The molecule has 1 aliphatic carbocycles. The number of aryl methyl sites for hydroxylation is 1. The van der Waals surface area contributed by atoms with Crippen LogP contribution in [0.1, 0.15) is 55.3 Å². The van der Waals surface area contributed by atoms with Crippen LogP contribution in [0.4, 0.5) is 0 Å². The minimum absolute atomic E-state index is 0.475. The van der Waals surface area contributed by atoms with Gasteiger partial charge in [0.1, 0.15) is 0 Å². The third kappa shape index (κ3) is 3.81. The quantitative estimate of drug-likeness (QED) is 0.827. The van der Waals surface area contributed by atoms with E-state index in [1.54, 1.807) is 0 Å². The Hall–Kier alpha value is -1.72. The zero-order valence-electron chi connectivity index (χ0n) is 16.3. The number of piperidine rings is 2. The van der Waals surface area contributed by atoms with Gasteiger partial charge in [-0.1, -0.05) is 35.5 Å². The van der Waals surface area contributed by atoms with Crippen molar-refractivity contribution in [3.05, 3.63) is 47.6 Å². The second kappa shape index (κ2) is 7.02. The van der Waals surface area contributed by atoms with Crippen LogP contribution in [0, 0.1) is 12.3 Å². The molecule has 0 amide bonds. The largest absolute Gasteiger partial charge is 0.338 e. The number of nitrogens with zero attached hydrogens (tertiary/aromatic N) is 4. The summed E-state index contributed by atoms with van der Waals surface area (Å²) < 4.78 is 5.32. The normalized spacial score (nSPS) is 26.5. The molecule has 5 nitrogen and oxygen atoms in total. The molecule has 3 aliphatic rings. The monoisotopic (exact) mass is 366 g/mol. The van der Waals surface area contributed by atoms with E-state index in [0.29, 0.717) is 11.3 Å². The van der Waals surface area contributed by atoms with Gasteiger partial charge >= 0.3 is 0 Å². The second-order valence-corrected chi connectivity index (χ2v) is 8.98. The Bertz CT molecular complexity index is 762. The van der Waals surface area contributed by atoms with E-state index in [9.17, 15) is 0 Å². The molecule has 1 saturated carbocycles. The molecule has 0 radical (unpaired) electrons. The van der Waals surface area contributed by atoms with Crippen LogP contribution in [0.25, 0.3) is 0 Å². The Morgan fingerprint density at radius 2 is 1.93 bits per heavy atom. The molecule has 0 bridgehead atoms. The van der Waals surface area contributed by atoms with E-state index < -0.39 is 0 Å². The van der Waals surface area contributed by atoms with E-state index >= 15 is 0 Å². The van der Waals surface area contributed by atoms with Crippen molar-refractivity contribution in [2.24, 2.45) is 5.41 Å². The summed E-state index contributed by atoms with van der Waals surface area (Å²) in [7, 11) is 0. The smallest absolute Gasteiger partial charge is 0.240 e. The molecular weight excluding hydrogens is 336 g/mol. The zero-order chi connectivity index (χ0) is 18.3. The van der Waals surface area contributed by atoms with Crippen LogP contribution in [0.15, 0.2) is 34.9 Å². The van der Waals surface area contributed by atoms with Crippen LogP contribution >= 0.6 is 0 Å². The number of hydrogen-bond donors (Lipinski definition) is 0. The van der Waals surface area contributed by atoms with Crippen LogP contribution in [-0.4, -0.2) is 52.2 Å². The van der Waals surface area contributed by atoms with Crippen molar-refractivity contribution < 1.29 is 4.52 Å².